The number of amides is 1. The lowest BCUT2D eigenvalue weighted by Crippen LogP contribution is -2.14. The predicted molar refractivity (Wildman–Crippen MR) is 78.7 cm³/mol. The molecule has 2 rings (SSSR count). The Bertz CT molecular complexity index is 582. The third kappa shape index (κ3) is 3.02. The number of rotatable bonds is 4. The van der Waals surface area contributed by atoms with Gasteiger partial charge in [-0.1, -0.05) is 0 Å². The molecule has 18 heavy (non-hydrogen) atoms. The first-order valence-corrected chi connectivity index (χ1v) is 6.84. The van der Waals surface area contributed by atoms with Crippen molar-refractivity contribution in [1.29, 1.82) is 0 Å². The lowest BCUT2D eigenvalue weighted by Gasteiger charge is -2.08. The Morgan fingerprint density at radius 2 is 2.11 bits per heavy atom. The van der Waals surface area contributed by atoms with Gasteiger partial charge in [0.2, 0.25) is 0 Å². The number of carbonyl (C=O) groups is 1. The van der Waals surface area contributed by atoms with Crippen molar-refractivity contribution in [2.24, 2.45) is 5.73 Å². The van der Waals surface area contributed by atoms with Gasteiger partial charge >= 0.3 is 0 Å². The Labute approximate surface area is 117 Å². The number of anilines is 2. The molecule has 4 nitrogen and oxygen atoms in total. The summed E-state index contributed by atoms with van der Waals surface area (Å²) in [6, 6.07) is 9.20. The van der Waals surface area contributed by atoms with Crippen molar-refractivity contribution < 1.29 is 4.79 Å². The van der Waals surface area contributed by atoms with Crippen LogP contribution in [0, 0.1) is 0 Å². The molecule has 94 valence electrons. The molecular formula is C12H12BrN3OS. The Hall–Kier alpha value is -1.53. The first-order chi connectivity index (χ1) is 8.56. The number of nitrogen functional groups attached to an aromatic ring is 1. The maximum absolute atomic E-state index is 11.2. The van der Waals surface area contributed by atoms with E-state index in [2.05, 4.69) is 21.2 Å². The van der Waals surface area contributed by atoms with Crippen LogP contribution >= 0.6 is 27.3 Å². The van der Waals surface area contributed by atoms with E-state index >= 15 is 0 Å². The van der Waals surface area contributed by atoms with Gasteiger partial charge < -0.3 is 16.8 Å². The van der Waals surface area contributed by atoms with Crippen molar-refractivity contribution in [1.82, 2.24) is 0 Å². The van der Waals surface area contributed by atoms with Crippen LogP contribution in [0.4, 0.5) is 11.4 Å². The lowest BCUT2D eigenvalue weighted by atomic mass is 10.1. The van der Waals surface area contributed by atoms with Gasteiger partial charge in [0.1, 0.15) is 0 Å². The van der Waals surface area contributed by atoms with Gasteiger partial charge in [-0.3, -0.25) is 4.79 Å². The number of halogens is 1. The number of benzene rings is 1. The van der Waals surface area contributed by atoms with Gasteiger partial charge in [0, 0.05) is 22.8 Å². The van der Waals surface area contributed by atoms with Crippen molar-refractivity contribution in [3.05, 3.63) is 44.6 Å². The van der Waals surface area contributed by atoms with Gasteiger partial charge in [0.05, 0.1) is 9.35 Å². The standard InChI is InChI=1S/C12H12BrN3OS/c13-11-4-2-8(18-11)6-16-7-1-3-10(14)9(5-7)12(15)17/h1-5,16H,6,14H2,(H2,15,17). The number of carbonyl (C=O) groups excluding carboxylic acids is 1. The van der Waals surface area contributed by atoms with Crippen LogP contribution < -0.4 is 16.8 Å². The third-order valence-electron chi connectivity index (χ3n) is 2.41. The predicted octanol–water partition coefficient (Wildman–Crippen LogP) is 2.80. The summed E-state index contributed by atoms with van der Waals surface area (Å²) < 4.78 is 1.09. The average molecular weight is 326 g/mol. The second kappa shape index (κ2) is 5.41. The maximum atomic E-state index is 11.2. The Morgan fingerprint density at radius 1 is 1.33 bits per heavy atom. The maximum Gasteiger partial charge on any atom is 0.250 e. The van der Waals surface area contributed by atoms with Crippen molar-refractivity contribution >= 4 is 44.5 Å². The molecule has 6 heteroatoms. The van der Waals surface area contributed by atoms with E-state index in [0.717, 1.165) is 9.47 Å². The zero-order valence-electron chi connectivity index (χ0n) is 9.44. The van der Waals surface area contributed by atoms with Crippen LogP contribution in [0.15, 0.2) is 34.1 Å². The van der Waals surface area contributed by atoms with E-state index in [1.165, 1.54) is 4.88 Å². The minimum atomic E-state index is -0.519. The highest BCUT2D eigenvalue weighted by Gasteiger charge is 2.06. The van der Waals surface area contributed by atoms with E-state index in [9.17, 15) is 4.79 Å². The van der Waals surface area contributed by atoms with E-state index in [1.54, 1.807) is 23.5 Å². The highest BCUT2D eigenvalue weighted by Crippen LogP contribution is 2.23. The van der Waals surface area contributed by atoms with Gasteiger partial charge in [-0.25, -0.2) is 0 Å². The molecule has 0 aliphatic rings. The van der Waals surface area contributed by atoms with E-state index in [4.69, 9.17) is 11.5 Å². The number of hydrogen-bond donors (Lipinski definition) is 3. The van der Waals surface area contributed by atoms with E-state index in [0.29, 0.717) is 17.8 Å². The Balaban J connectivity index is 2.10. The number of hydrogen-bond acceptors (Lipinski definition) is 4. The summed E-state index contributed by atoms with van der Waals surface area (Å²) in [5.74, 6) is -0.519. The van der Waals surface area contributed by atoms with Gasteiger partial charge in [-0.05, 0) is 46.3 Å². The zero-order chi connectivity index (χ0) is 13.1. The molecule has 0 spiro atoms. The normalized spacial score (nSPS) is 10.3. The minimum absolute atomic E-state index is 0.340. The molecule has 0 saturated carbocycles. The van der Waals surface area contributed by atoms with E-state index in [-0.39, 0.29) is 0 Å². The molecule has 1 heterocycles. The summed E-state index contributed by atoms with van der Waals surface area (Å²) in [7, 11) is 0. The summed E-state index contributed by atoms with van der Waals surface area (Å²) >= 11 is 5.07. The summed E-state index contributed by atoms with van der Waals surface area (Å²) in [5, 5.41) is 3.22. The zero-order valence-corrected chi connectivity index (χ0v) is 11.8. The summed E-state index contributed by atoms with van der Waals surface area (Å²) in [6.07, 6.45) is 0. The first-order valence-electron chi connectivity index (χ1n) is 5.23. The van der Waals surface area contributed by atoms with Gasteiger partial charge in [0.25, 0.3) is 5.91 Å². The molecule has 1 amide bonds. The Kier molecular flexibility index (Phi) is 3.88. The highest BCUT2D eigenvalue weighted by atomic mass is 79.9. The lowest BCUT2D eigenvalue weighted by molar-refractivity contribution is 0.100. The fraction of sp³-hybridized carbons (Fsp3) is 0.0833. The smallest absolute Gasteiger partial charge is 0.250 e. The van der Waals surface area contributed by atoms with Crippen molar-refractivity contribution in [2.75, 3.05) is 11.1 Å². The molecule has 1 aromatic carbocycles. The van der Waals surface area contributed by atoms with E-state index in [1.807, 2.05) is 18.2 Å². The molecule has 0 atom stereocenters. The molecule has 0 unspecified atom stereocenters. The molecule has 5 N–H and O–H groups in total. The van der Waals surface area contributed by atoms with Crippen molar-refractivity contribution in [2.45, 2.75) is 6.54 Å². The van der Waals surface area contributed by atoms with Crippen molar-refractivity contribution in [3.63, 3.8) is 0 Å². The monoisotopic (exact) mass is 325 g/mol. The van der Waals surface area contributed by atoms with Gasteiger partial charge in [-0.2, -0.15) is 0 Å². The van der Waals surface area contributed by atoms with E-state index < -0.39 is 5.91 Å². The summed E-state index contributed by atoms with van der Waals surface area (Å²) in [5.41, 5.74) is 12.5. The van der Waals surface area contributed by atoms with Crippen LogP contribution in [0.5, 0.6) is 0 Å². The SMILES string of the molecule is NC(=O)c1cc(NCc2ccc(Br)s2)ccc1N. The van der Waals surface area contributed by atoms with Crippen LogP contribution in [-0.2, 0) is 6.54 Å². The average Bonchev–Trinajstić information content (AvgIpc) is 2.74. The molecule has 0 aliphatic heterocycles. The first kappa shape index (κ1) is 12.9. The molecular weight excluding hydrogens is 314 g/mol. The summed E-state index contributed by atoms with van der Waals surface area (Å²) in [4.78, 5) is 12.4. The molecule has 2 aromatic rings. The van der Waals surface area contributed by atoms with Crippen LogP contribution in [0.2, 0.25) is 0 Å². The quantitative estimate of drug-likeness (QED) is 0.756. The number of primary amides is 1. The summed E-state index contributed by atoms with van der Waals surface area (Å²) in [6.45, 7) is 0.693. The van der Waals surface area contributed by atoms with Crippen LogP contribution in [0.1, 0.15) is 15.2 Å². The molecule has 0 bridgehead atoms. The van der Waals surface area contributed by atoms with Gasteiger partial charge in [0.15, 0.2) is 0 Å². The van der Waals surface area contributed by atoms with Crippen LogP contribution in [0.25, 0.3) is 0 Å². The topological polar surface area (TPSA) is 81.1 Å². The van der Waals surface area contributed by atoms with Crippen LogP contribution in [0.3, 0.4) is 0 Å². The number of nitrogens with one attached hydrogen (secondary N) is 1. The van der Waals surface area contributed by atoms with Crippen molar-refractivity contribution in [3.8, 4) is 0 Å². The molecule has 0 aliphatic carbocycles. The molecule has 0 fully saturated rings. The van der Waals surface area contributed by atoms with Crippen LogP contribution in [-0.4, -0.2) is 5.91 Å². The highest BCUT2D eigenvalue weighted by molar-refractivity contribution is 9.11. The second-order valence-electron chi connectivity index (χ2n) is 3.73. The molecule has 0 radical (unpaired) electrons. The minimum Gasteiger partial charge on any atom is -0.398 e. The second-order valence-corrected chi connectivity index (χ2v) is 6.27. The Morgan fingerprint density at radius 3 is 2.72 bits per heavy atom. The fourth-order valence-electron chi connectivity index (χ4n) is 1.52. The largest absolute Gasteiger partial charge is 0.398 e. The molecule has 1 aromatic heterocycles. The number of nitrogens with two attached hydrogens (primary N) is 2. The fourth-order valence-corrected chi connectivity index (χ4v) is 2.94. The third-order valence-corrected chi connectivity index (χ3v) is 4.04. The number of thiophene rings is 1. The van der Waals surface area contributed by atoms with Gasteiger partial charge in [-0.15, -0.1) is 11.3 Å². The molecule has 0 saturated heterocycles.